The maximum atomic E-state index is 3.83. The predicted molar refractivity (Wildman–Crippen MR) is 69.2 cm³/mol. The molecule has 2 fully saturated rings. The Balaban J connectivity index is 2.04. The molecule has 0 amide bonds. The minimum absolute atomic E-state index is 0.419. The van der Waals surface area contributed by atoms with E-state index in [1.54, 1.807) is 0 Å². The fourth-order valence-corrected chi connectivity index (χ4v) is 4.59. The van der Waals surface area contributed by atoms with Crippen LogP contribution in [0, 0.1) is 17.3 Å². The topological polar surface area (TPSA) is 12.0 Å². The molecule has 0 bridgehead atoms. The van der Waals surface area contributed by atoms with E-state index in [4.69, 9.17) is 0 Å². The number of hydrogen-bond donors (Lipinski definition) is 1. The lowest BCUT2D eigenvalue weighted by molar-refractivity contribution is 0.125. The van der Waals surface area contributed by atoms with Gasteiger partial charge in [0.15, 0.2) is 0 Å². The Kier molecular flexibility index (Phi) is 3.11. The summed E-state index contributed by atoms with van der Waals surface area (Å²) in [7, 11) is 0. The van der Waals surface area contributed by atoms with Crippen LogP contribution in [0.4, 0.5) is 0 Å². The van der Waals surface area contributed by atoms with Crippen LogP contribution in [0.2, 0.25) is 0 Å². The van der Waals surface area contributed by atoms with Crippen molar-refractivity contribution in [1.82, 2.24) is 5.32 Å². The van der Waals surface area contributed by atoms with Crippen molar-refractivity contribution in [3.05, 3.63) is 0 Å². The van der Waals surface area contributed by atoms with E-state index in [9.17, 15) is 0 Å². The molecule has 1 N–H and O–H groups in total. The highest BCUT2D eigenvalue weighted by Crippen LogP contribution is 2.50. The quantitative estimate of drug-likeness (QED) is 0.680. The third-order valence-electron chi connectivity index (χ3n) is 4.20. The molecule has 2 aliphatic rings. The van der Waals surface area contributed by atoms with Gasteiger partial charge in [-0.25, -0.2) is 0 Å². The summed E-state index contributed by atoms with van der Waals surface area (Å²) in [5.41, 5.74) is 0.565. The molecule has 1 aliphatic heterocycles. The zero-order chi connectivity index (χ0) is 11.1. The first-order valence-electron chi connectivity index (χ1n) is 6.33. The maximum Gasteiger partial charge on any atom is 0.0671 e. The summed E-state index contributed by atoms with van der Waals surface area (Å²) in [6.07, 6.45) is 4.12. The molecule has 1 nitrogen and oxygen atoms in total. The van der Waals surface area contributed by atoms with Crippen molar-refractivity contribution in [3.63, 3.8) is 0 Å². The molecule has 1 saturated heterocycles. The van der Waals surface area contributed by atoms with Crippen molar-refractivity contribution < 1.29 is 0 Å². The molecule has 3 unspecified atom stereocenters. The summed E-state index contributed by atoms with van der Waals surface area (Å²) in [5.74, 6) is 3.01. The van der Waals surface area contributed by atoms with Crippen molar-refractivity contribution in [3.8, 4) is 0 Å². The minimum atomic E-state index is 0.419. The Morgan fingerprint density at radius 3 is 2.47 bits per heavy atom. The van der Waals surface area contributed by atoms with Gasteiger partial charge in [0.2, 0.25) is 0 Å². The van der Waals surface area contributed by atoms with Crippen molar-refractivity contribution in [1.29, 1.82) is 0 Å². The van der Waals surface area contributed by atoms with E-state index in [0.29, 0.717) is 10.3 Å². The van der Waals surface area contributed by atoms with Crippen molar-refractivity contribution in [2.24, 2.45) is 17.3 Å². The van der Waals surface area contributed by atoms with Crippen molar-refractivity contribution >= 4 is 11.8 Å². The number of rotatable bonds is 0. The Hall–Kier alpha value is 0.310. The summed E-state index contributed by atoms with van der Waals surface area (Å²) < 4.78 is 0. The van der Waals surface area contributed by atoms with E-state index in [2.05, 4.69) is 44.8 Å². The van der Waals surface area contributed by atoms with Crippen LogP contribution < -0.4 is 5.32 Å². The molecule has 15 heavy (non-hydrogen) atoms. The Bertz CT molecular complexity index is 229. The number of thioether (sulfide) groups is 1. The van der Waals surface area contributed by atoms with Crippen molar-refractivity contribution in [2.75, 3.05) is 12.3 Å². The molecule has 1 heterocycles. The summed E-state index contributed by atoms with van der Waals surface area (Å²) >= 11 is 2.19. The highest BCUT2D eigenvalue weighted by atomic mass is 32.2. The average Bonchev–Trinajstić information content (AvgIpc) is 2.15. The van der Waals surface area contributed by atoms with E-state index >= 15 is 0 Å². The van der Waals surface area contributed by atoms with Crippen LogP contribution >= 0.6 is 11.8 Å². The fraction of sp³-hybridized carbons (Fsp3) is 1.00. The van der Waals surface area contributed by atoms with E-state index in [1.165, 1.54) is 31.6 Å². The molecular weight excluding hydrogens is 202 g/mol. The minimum Gasteiger partial charge on any atom is -0.302 e. The van der Waals surface area contributed by atoms with Gasteiger partial charge in [-0.05, 0) is 48.8 Å². The average molecular weight is 227 g/mol. The number of hydrogen-bond acceptors (Lipinski definition) is 2. The van der Waals surface area contributed by atoms with Crippen LogP contribution in [-0.2, 0) is 0 Å². The van der Waals surface area contributed by atoms with Crippen LogP contribution in [0.25, 0.3) is 0 Å². The molecule has 88 valence electrons. The highest BCUT2D eigenvalue weighted by Gasteiger charge is 2.45. The van der Waals surface area contributed by atoms with Crippen LogP contribution in [0.3, 0.4) is 0 Å². The molecule has 0 aromatic carbocycles. The zero-order valence-electron chi connectivity index (χ0n) is 10.6. The van der Waals surface area contributed by atoms with Gasteiger partial charge in [0.25, 0.3) is 0 Å². The van der Waals surface area contributed by atoms with E-state index < -0.39 is 0 Å². The van der Waals surface area contributed by atoms with Gasteiger partial charge in [-0.2, -0.15) is 0 Å². The molecule has 2 rings (SSSR count). The van der Waals surface area contributed by atoms with Gasteiger partial charge in [0, 0.05) is 0 Å². The van der Waals surface area contributed by atoms with Gasteiger partial charge in [0.1, 0.15) is 0 Å². The van der Waals surface area contributed by atoms with E-state index in [-0.39, 0.29) is 0 Å². The van der Waals surface area contributed by atoms with E-state index in [1.807, 2.05) is 0 Å². The van der Waals surface area contributed by atoms with Gasteiger partial charge in [-0.1, -0.05) is 27.7 Å². The van der Waals surface area contributed by atoms with Gasteiger partial charge < -0.3 is 5.32 Å². The first-order chi connectivity index (χ1) is 6.94. The fourth-order valence-electron chi connectivity index (χ4n) is 3.09. The lowest BCUT2D eigenvalue weighted by Gasteiger charge is -2.51. The van der Waals surface area contributed by atoms with Gasteiger partial charge >= 0.3 is 0 Å². The summed E-state index contributed by atoms with van der Waals surface area (Å²) in [6.45, 7) is 10.9. The largest absolute Gasteiger partial charge is 0.302 e. The lowest BCUT2D eigenvalue weighted by atomic mass is 9.70. The molecule has 1 saturated carbocycles. The second kappa shape index (κ2) is 3.96. The Labute approximate surface area is 98.8 Å². The molecule has 0 radical (unpaired) electrons. The van der Waals surface area contributed by atoms with Gasteiger partial charge in [-0.15, -0.1) is 11.8 Å². The number of nitrogens with one attached hydrogen (secondary N) is 1. The predicted octanol–water partition coefficient (Wildman–Crippen LogP) is 3.50. The first kappa shape index (κ1) is 11.8. The molecule has 0 aromatic rings. The molecular formula is C13H25NS. The molecule has 3 atom stereocenters. The van der Waals surface area contributed by atoms with Crippen molar-refractivity contribution in [2.45, 2.75) is 51.8 Å². The van der Waals surface area contributed by atoms with Crippen LogP contribution in [0.15, 0.2) is 0 Å². The van der Waals surface area contributed by atoms with Crippen LogP contribution in [-0.4, -0.2) is 17.2 Å². The first-order valence-corrected chi connectivity index (χ1v) is 7.31. The Morgan fingerprint density at radius 2 is 1.93 bits per heavy atom. The monoisotopic (exact) mass is 227 g/mol. The third-order valence-corrected chi connectivity index (χ3v) is 6.20. The smallest absolute Gasteiger partial charge is 0.0671 e. The lowest BCUT2D eigenvalue weighted by Crippen LogP contribution is -2.56. The summed E-state index contributed by atoms with van der Waals surface area (Å²) in [4.78, 5) is 0.419. The zero-order valence-corrected chi connectivity index (χ0v) is 11.4. The standard InChI is InChI=1S/C13H25NS/c1-10-8-14-13(15-9-10)6-5-12(3,4)7-11(13)2/h10-11,14H,5-9H2,1-4H3. The normalized spacial score (nSPS) is 45.6. The van der Waals surface area contributed by atoms with Crippen LogP contribution in [0.5, 0.6) is 0 Å². The van der Waals surface area contributed by atoms with Gasteiger partial charge in [0.05, 0.1) is 4.87 Å². The molecule has 0 aromatic heterocycles. The SMILES string of the molecule is CC1CNC2(CCC(C)(C)CC2C)SC1. The van der Waals surface area contributed by atoms with E-state index in [0.717, 1.165) is 11.8 Å². The van der Waals surface area contributed by atoms with Gasteiger partial charge in [-0.3, -0.25) is 0 Å². The Morgan fingerprint density at radius 1 is 1.20 bits per heavy atom. The molecule has 2 heteroatoms. The highest BCUT2D eigenvalue weighted by molar-refractivity contribution is 8.00. The second-order valence-electron chi connectivity index (χ2n) is 6.46. The third kappa shape index (κ3) is 2.36. The molecule has 1 aliphatic carbocycles. The maximum absolute atomic E-state index is 3.83. The summed E-state index contributed by atoms with van der Waals surface area (Å²) in [6, 6.07) is 0. The summed E-state index contributed by atoms with van der Waals surface area (Å²) in [5, 5.41) is 3.83. The molecule has 1 spiro atoms. The van der Waals surface area contributed by atoms with Crippen LogP contribution in [0.1, 0.15) is 47.0 Å². The second-order valence-corrected chi connectivity index (χ2v) is 7.81.